The van der Waals surface area contributed by atoms with Crippen molar-refractivity contribution in [3.8, 4) is 0 Å². The molecule has 0 bridgehead atoms. The third kappa shape index (κ3) is 5.99. The van der Waals surface area contributed by atoms with Crippen LogP contribution in [-0.4, -0.2) is 32.7 Å². The molecule has 0 radical (unpaired) electrons. The number of nitrogens with one attached hydrogen (secondary N) is 3. The number of nitro groups is 1. The van der Waals surface area contributed by atoms with E-state index in [0.29, 0.717) is 9.47 Å². The second-order valence-corrected chi connectivity index (χ2v) is 8.17. The molecule has 3 N–H and O–H groups in total. The van der Waals surface area contributed by atoms with Gasteiger partial charge in [0.05, 0.1) is 10.7 Å². The Balaban J connectivity index is 1.46. The number of benzene rings is 2. The van der Waals surface area contributed by atoms with Gasteiger partial charge in [-0.3, -0.25) is 30.6 Å². The van der Waals surface area contributed by atoms with E-state index in [4.69, 9.17) is 0 Å². The van der Waals surface area contributed by atoms with Crippen molar-refractivity contribution in [1.29, 1.82) is 0 Å². The Morgan fingerprint density at radius 1 is 1.13 bits per heavy atom. The number of aromatic nitrogens is 2. The highest BCUT2D eigenvalue weighted by atomic mass is 32.2. The number of anilines is 2. The van der Waals surface area contributed by atoms with Crippen LogP contribution in [0, 0.1) is 17.0 Å². The Kier molecular flexibility index (Phi) is 6.93. The van der Waals surface area contributed by atoms with Gasteiger partial charge in [-0.15, -0.1) is 10.2 Å². The summed E-state index contributed by atoms with van der Waals surface area (Å²) < 4.78 is 0.588. The van der Waals surface area contributed by atoms with Crippen LogP contribution in [0.2, 0.25) is 0 Å². The summed E-state index contributed by atoms with van der Waals surface area (Å²) in [5, 5.41) is 22.6. The van der Waals surface area contributed by atoms with Crippen molar-refractivity contribution in [2.75, 3.05) is 11.1 Å². The quantitative estimate of drug-likeness (QED) is 0.287. The second-order valence-electron chi connectivity index (χ2n) is 5.97. The van der Waals surface area contributed by atoms with Crippen LogP contribution < -0.4 is 16.2 Å². The van der Waals surface area contributed by atoms with Crippen LogP contribution in [0.15, 0.2) is 52.9 Å². The number of hydrazine groups is 1. The molecular formula is C18H16N6O4S2. The molecule has 154 valence electrons. The lowest BCUT2D eigenvalue weighted by Crippen LogP contribution is -2.42. The predicted molar refractivity (Wildman–Crippen MR) is 114 cm³/mol. The van der Waals surface area contributed by atoms with Gasteiger partial charge in [0.15, 0.2) is 4.34 Å². The zero-order valence-electron chi connectivity index (χ0n) is 15.6. The monoisotopic (exact) mass is 444 g/mol. The van der Waals surface area contributed by atoms with E-state index in [1.165, 1.54) is 41.3 Å². The fraction of sp³-hybridized carbons (Fsp3) is 0.111. The number of nitrogens with zero attached hydrogens (tertiary/aromatic N) is 3. The molecule has 0 saturated heterocycles. The molecule has 0 aliphatic rings. The maximum atomic E-state index is 12.0. The molecule has 0 aliphatic heterocycles. The lowest BCUT2D eigenvalue weighted by Gasteiger charge is -2.06. The molecule has 30 heavy (non-hydrogen) atoms. The molecule has 0 fully saturated rings. The summed E-state index contributed by atoms with van der Waals surface area (Å²) >= 11 is 2.47. The van der Waals surface area contributed by atoms with Crippen LogP contribution in [0.4, 0.5) is 16.5 Å². The van der Waals surface area contributed by atoms with Crippen LogP contribution in [0.5, 0.6) is 0 Å². The summed E-state index contributed by atoms with van der Waals surface area (Å²) in [5.74, 6) is -1.10. The van der Waals surface area contributed by atoms with Gasteiger partial charge in [-0.05, 0) is 30.7 Å². The number of amides is 2. The summed E-state index contributed by atoms with van der Waals surface area (Å²) in [7, 11) is 0. The van der Waals surface area contributed by atoms with E-state index in [9.17, 15) is 19.7 Å². The second kappa shape index (κ2) is 9.80. The van der Waals surface area contributed by atoms with Crippen molar-refractivity contribution < 1.29 is 14.5 Å². The molecule has 10 nitrogen and oxygen atoms in total. The molecule has 1 aromatic heterocycles. The van der Waals surface area contributed by atoms with Gasteiger partial charge in [0.25, 0.3) is 11.6 Å². The first-order valence-corrected chi connectivity index (χ1v) is 10.3. The highest BCUT2D eigenvalue weighted by Crippen LogP contribution is 2.27. The number of carbonyl (C=O) groups is 2. The highest BCUT2D eigenvalue weighted by Gasteiger charge is 2.13. The number of nitro benzene ring substituents is 1. The zero-order valence-corrected chi connectivity index (χ0v) is 17.3. The minimum atomic E-state index is -0.655. The smallest absolute Gasteiger partial charge is 0.270 e. The Labute approximate surface area is 179 Å². The molecule has 12 heteroatoms. The molecule has 0 spiro atoms. The van der Waals surface area contributed by atoms with Gasteiger partial charge in [-0.2, -0.15) is 0 Å². The van der Waals surface area contributed by atoms with Crippen molar-refractivity contribution in [3.63, 3.8) is 0 Å². The molecule has 1 heterocycles. The van der Waals surface area contributed by atoms with E-state index >= 15 is 0 Å². The van der Waals surface area contributed by atoms with Crippen molar-refractivity contribution in [3.05, 3.63) is 69.8 Å². The van der Waals surface area contributed by atoms with E-state index in [2.05, 4.69) is 26.4 Å². The normalized spacial score (nSPS) is 10.3. The first-order valence-electron chi connectivity index (χ1n) is 8.54. The minimum Gasteiger partial charge on any atom is -0.330 e. The average molecular weight is 444 g/mol. The van der Waals surface area contributed by atoms with Crippen molar-refractivity contribution in [2.45, 2.75) is 11.3 Å². The Bertz CT molecular complexity index is 1090. The first-order chi connectivity index (χ1) is 14.4. The molecule has 0 saturated carbocycles. The molecule has 3 aromatic rings. The lowest BCUT2D eigenvalue weighted by atomic mass is 10.2. The predicted octanol–water partition coefficient (Wildman–Crippen LogP) is 3.05. The SMILES string of the molecule is Cc1cccc(Nc2nnc(SCC(=O)NNC(=O)c3cccc([N+](=O)[O-])c3)s2)c1. The number of rotatable bonds is 7. The van der Waals surface area contributed by atoms with Crippen LogP contribution in [-0.2, 0) is 4.79 Å². The fourth-order valence-corrected chi connectivity index (χ4v) is 3.86. The van der Waals surface area contributed by atoms with Gasteiger partial charge in [-0.1, -0.05) is 41.3 Å². The molecule has 2 aromatic carbocycles. The topological polar surface area (TPSA) is 139 Å². The maximum Gasteiger partial charge on any atom is 0.270 e. The maximum absolute atomic E-state index is 12.0. The number of carbonyl (C=O) groups excluding carboxylic acids is 2. The average Bonchev–Trinajstić information content (AvgIpc) is 3.17. The number of non-ortho nitro benzene ring substituents is 1. The number of thioether (sulfide) groups is 1. The third-order valence-corrected chi connectivity index (χ3v) is 5.61. The molecule has 2 amide bonds. The molecular weight excluding hydrogens is 428 g/mol. The minimum absolute atomic E-state index is 0.00823. The summed E-state index contributed by atoms with van der Waals surface area (Å²) in [4.78, 5) is 34.1. The Morgan fingerprint density at radius 2 is 1.93 bits per heavy atom. The van der Waals surface area contributed by atoms with Gasteiger partial charge in [0.2, 0.25) is 11.0 Å². The van der Waals surface area contributed by atoms with Gasteiger partial charge >= 0.3 is 0 Å². The van der Waals surface area contributed by atoms with E-state index in [1.54, 1.807) is 0 Å². The van der Waals surface area contributed by atoms with Gasteiger partial charge in [0, 0.05) is 23.4 Å². The summed E-state index contributed by atoms with van der Waals surface area (Å²) in [6.45, 7) is 1.99. The fourth-order valence-electron chi connectivity index (χ4n) is 2.29. The highest BCUT2D eigenvalue weighted by molar-refractivity contribution is 8.01. The number of aryl methyl sites for hydroxylation is 1. The summed E-state index contributed by atoms with van der Waals surface area (Å²) in [5.41, 5.74) is 6.35. The number of hydrogen-bond donors (Lipinski definition) is 3. The van der Waals surface area contributed by atoms with Gasteiger partial charge < -0.3 is 5.32 Å². The van der Waals surface area contributed by atoms with E-state index in [1.807, 2.05) is 31.2 Å². The Hall–Kier alpha value is -3.51. The largest absolute Gasteiger partial charge is 0.330 e. The summed E-state index contributed by atoms with van der Waals surface area (Å²) in [6.07, 6.45) is 0. The molecule has 0 atom stereocenters. The Morgan fingerprint density at radius 3 is 2.70 bits per heavy atom. The molecule has 0 unspecified atom stereocenters. The van der Waals surface area contributed by atoms with Gasteiger partial charge in [-0.25, -0.2) is 0 Å². The zero-order chi connectivity index (χ0) is 21.5. The number of hydrogen-bond acceptors (Lipinski definition) is 9. The molecule has 3 rings (SSSR count). The van der Waals surface area contributed by atoms with Crippen molar-refractivity contribution in [2.24, 2.45) is 0 Å². The first kappa shape index (κ1) is 21.2. The van der Waals surface area contributed by atoms with Gasteiger partial charge in [0.1, 0.15) is 0 Å². The van der Waals surface area contributed by atoms with Crippen LogP contribution in [0.1, 0.15) is 15.9 Å². The van der Waals surface area contributed by atoms with Crippen LogP contribution >= 0.6 is 23.1 Å². The lowest BCUT2D eigenvalue weighted by molar-refractivity contribution is -0.384. The van der Waals surface area contributed by atoms with Crippen LogP contribution in [0.3, 0.4) is 0 Å². The van der Waals surface area contributed by atoms with Crippen molar-refractivity contribution >= 4 is 51.4 Å². The van der Waals surface area contributed by atoms with Crippen LogP contribution in [0.25, 0.3) is 0 Å². The standard InChI is InChI=1S/C18H16N6O4S2/c1-11-4-2-6-13(8-11)19-17-22-23-18(30-17)29-10-15(25)20-21-16(26)12-5-3-7-14(9-12)24(27)28/h2-9H,10H2,1H3,(H,19,22)(H,20,25)(H,21,26). The van der Waals surface area contributed by atoms with E-state index < -0.39 is 16.7 Å². The van der Waals surface area contributed by atoms with Crippen molar-refractivity contribution in [1.82, 2.24) is 21.0 Å². The van der Waals surface area contributed by atoms with E-state index in [0.717, 1.165) is 17.3 Å². The van der Waals surface area contributed by atoms with E-state index in [-0.39, 0.29) is 17.0 Å². The summed E-state index contributed by atoms with van der Waals surface area (Å²) in [6, 6.07) is 13.0. The molecule has 0 aliphatic carbocycles. The third-order valence-electron chi connectivity index (χ3n) is 3.64.